The number of ether oxygens (including phenoxy) is 1. The van der Waals surface area contributed by atoms with Gasteiger partial charge in [0.05, 0.1) is 15.7 Å². The molecule has 0 aliphatic rings. The highest BCUT2D eigenvalue weighted by molar-refractivity contribution is 6.54. The zero-order chi connectivity index (χ0) is 27.3. The molecule has 2 N–H and O–H groups in total. The number of hydrogen-bond donors (Lipinski definition) is 2. The van der Waals surface area contributed by atoms with Crippen molar-refractivity contribution in [2.75, 3.05) is 11.6 Å². The molecule has 1 aromatic carbocycles. The number of anilines is 1. The van der Waals surface area contributed by atoms with E-state index in [4.69, 9.17) is 55.7 Å². The summed E-state index contributed by atoms with van der Waals surface area (Å²) in [7, 11) is 0. The number of carboxylic acid groups (broad SMARTS) is 1. The number of carbonyl (C=O) groups is 3. The zero-order valence-electron chi connectivity index (χ0n) is 19.3. The van der Waals surface area contributed by atoms with Crippen molar-refractivity contribution in [1.82, 2.24) is 15.5 Å². The van der Waals surface area contributed by atoms with Crippen LogP contribution in [0.3, 0.4) is 0 Å². The molecular weight excluding hydrogens is 570 g/mol. The molecule has 14 heteroatoms. The van der Waals surface area contributed by atoms with E-state index in [0.717, 1.165) is 4.90 Å². The first-order valence-corrected chi connectivity index (χ1v) is 12.3. The molecule has 10 nitrogen and oxygen atoms in total. The third-order valence-corrected chi connectivity index (χ3v) is 6.02. The number of aliphatic carboxylic acids is 1. The van der Waals surface area contributed by atoms with Crippen molar-refractivity contribution in [2.45, 2.75) is 24.7 Å². The second kappa shape index (κ2) is 12.5. The maximum Gasteiger partial charge on any atom is 0.409 e. The number of carbonyl (C=O) groups excluding carboxylic acids is 2. The quantitative estimate of drug-likeness (QED) is 0.242. The highest BCUT2D eigenvalue weighted by atomic mass is 35.5. The number of nitrogens with zero attached hydrogens (tertiary/aromatic N) is 3. The van der Waals surface area contributed by atoms with Crippen molar-refractivity contribution >= 4 is 70.1 Å². The fourth-order valence-corrected chi connectivity index (χ4v) is 3.99. The van der Waals surface area contributed by atoms with Crippen LogP contribution in [0.25, 0.3) is 22.7 Å². The Morgan fingerprint density at radius 3 is 2.38 bits per heavy atom. The molecule has 0 saturated heterocycles. The van der Waals surface area contributed by atoms with Crippen LogP contribution in [0.2, 0.25) is 10.0 Å². The lowest BCUT2D eigenvalue weighted by Gasteiger charge is -2.24. The average Bonchev–Trinajstić information content (AvgIpc) is 3.32. The first-order chi connectivity index (χ1) is 17.5. The number of amides is 2. The number of alkyl carbamates (subject to hydrolysis) is 1. The lowest BCUT2D eigenvalue weighted by Crippen LogP contribution is -2.46. The number of pyridine rings is 1. The minimum absolute atomic E-state index is 0.210. The lowest BCUT2D eigenvalue weighted by molar-refractivity contribution is -0.140. The van der Waals surface area contributed by atoms with E-state index in [1.807, 2.05) is 0 Å². The highest BCUT2D eigenvalue weighted by Gasteiger charge is 2.27. The van der Waals surface area contributed by atoms with Gasteiger partial charge < -0.3 is 19.7 Å². The van der Waals surface area contributed by atoms with Gasteiger partial charge in [-0.15, -0.1) is 0 Å². The number of alkyl halides is 2. The van der Waals surface area contributed by atoms with E-state index in [2.05, 4.69) is 15.5 Å². The predicted octanol–water partition coefficient (Wildman–Crippen LogP) is 5.64. The summed E-state index contributed by atoms with van der Waals surface area (Å²) in [4.78, 5) is 40.0. The third kappa shape index (κ3) is 7.04. The van der Waals surface area contributed by atoms with Crippen molar-refractivity contribution in [2.24, 2.45) is 5.92 Å². The first kappa shape index (κ1) is 28.5. The fraction of sp³-hybridized carbons (Fsp3) is 0.261. The SMILES string of the molecule is CC(C)C(NC(=O)OCN(C(=O)C(Cl)Cl)c1ccnc(-c2cc(-c3c(Cl)cccc3Cl)no2)c1)C(=O)O. The van der Waals surface area contributed by atoms with E-state index in [-0.39, 0.29) is 17.1 Å². The fourth-order valence-electron chi connectivity index (χ4n) is 3.17. The van der Waals surface area contributed by atoms with E-state index < -0.39 is 41.5 Å². The second-order valence-electron chi connectivity index (χ2n) is 7.90. The summed E-state index contributed by atoms with van der Waals surface area (Å²) in [5.74, 6) is -2.21. The van der Waals surface area contributed by atoms with E-state index >= 15 is 0 Å². The molecule has 1 unspecified atom stereocenters. The van der Waals surface area contributed by atoms with Gasteiger partial charge in [0.25, 0.3) is 5.91 Å². The molecule has 0 spiro atoms. The molecular formula is C23H20Cl4N4O6. The Labute approximate surface area is 231 Å². The number of hydrogen-bond acceptors (Lipinski definition) is 7. The van der Waals surface area contributed by atoms with Crippen LogP contribution in [-0.2, 0) is 14.3 Å². The normalized spacial score (nSPS) is 11.9. The number of aromatic nitrogens is 2. The predicted molar refractivity (Wildman–Crippen MR) is 139 cm³/mol. The smallest absolute Gasteiger partial charge is 0.409 e. The molecule has 0 saturated carbocycles. The van der Waals surface area contributed by atoms with E-state index in [0.29, 0.717) is 21.3 Å². The Morgan fingerprint density at radius 2 is 1.78 bits per heavy atom. The molecule has 196 valence electrons. The molecule has 0 radical (unpaired) electrons. The second-order valence-corrected chi connectivity index (χ2v) is 9.82. The summed E-state index contributed by atoms with van der Waals surface area (Å²) >= 11 is 24.1. The van der Waals surface area contributed by atoms with Gasteiger partial charge >= 0.3 is 12.1 Å². The zero-order valence-corrected chi connectivity index (χ0v) is 22.3. The molecule has 3 aromatic rings. The van der Waals surface area contributed by atoms with Gasteiger partial charge in [-0.2, -0.15) is 0 Å². The molecule has 1 atom stereocenters. The molecule has 0 aliphatic carbocycles. The molecule has 2 amide bonds. The monoisotopic (exact) mass is 588 g/mol. The van der Waals surface area contributed by atoms with Crippen LogP contribution >= 0.6 is 46.4 Å². The molecule has 37 heavy (non-hydrogen) atoms. The lowest BCUT2D eigenvalue weighted by atomic mass is 10.1. The maximum absolute atomic E-state index is 12.7. The van der Waals surface area contributed by atoms with Crippen molar-refractivity contribution in [1.29, 1.82) is 0 Å². The summed E-state index contributed by atoms with van der Waals surface area (Å²) in [5.41, 5.74) is 1.32. The summed E-state index contributed by atoms with van der Waals surface area (Å²) in [6, 6.07) is 8.30. The number of nitrogens with one attached hydrogen (secondary N) is 1. The largest absolute Gasteiger partial charge is 0.480 e. The number of halogens is 4. The van der Waals surface area contributed by atoms with Gasteiger partial charge in [0, 0.05) is 17.8 Å². The van der Waals surface area contributed by atoms with E-state index in [1.165, 1.54) is 18.3 Å². The van der Waals surface area contributed by atoms with Crippen molar-refractivity contribution in [3.05, 3.63) is 52.6 Å². The summed E-state index contributed by atoms with van der Waals surface area (Å²) < 4.78 is 10.5. The molecule has 0 aliphatic heterocycles. The number of rotatable bonds is 9. The van der Waals surface area contributed by atoms with Gasteiger partial charge in [0.15, 0.2) is 17.3 Å². The van der Waals surface area contributed by atoms with Crippen LogP contribution in [0, 0.1) is 5.92 Å². The van der Waals surface area contributed by atoms with Crippen LogP contribution in [-0.4, -0.2) is 50.8 Å². The van der Waals surface area contributed by atoms with Crippen LogP contribution in [0.5, 0.6) is 0 Å². The van der Waals surface area contributed by atoms with Gasteiger partial charge in [-0.05, 0) is 30.2 Å². The van der Waals surface area contributed by atoms with E-state index in [1.54, 1.807) is 38.1 Å². The Morgan fingerprint density at radius 1 is 1.11 bits per heavy atom. The van der Waals surface area contributed by atoms with Crippen molar-refractivity contribution in [3.8, 4) is 22.7 Å². The van der Waals surface area contributed by atoms with Gasteiger partial charge in [-0.1, -0.05) is 71.5 Å². The van der Waals surface area contributed by atoms with Crippen LogP contribution < -0.4 is 10.2 Å². The van der Waals surface area contributed by atoms with Crippen molar-refractivity contribution < 1.29 is 28.8 Å². The number of benzene rings is 1. The Hall–Kier alpha value is -3.05. The maximum atomic E-state index is 12.7. The average molecular weight is 590 g/mol. The van der Waals surface area contributed by atoms with E-state index in [9.17, 15) is 19.5 Å². The first-order valence-electron chi connectivity index (χ1n) is 10.6. The highest BCUT2D eigenvalue weighted by Crippen LogP contribution is 2.36. The molecule has 2 aromatic heterocycles. The summed E-state index contributed by atoms with van der Waals surface area (Å²) in [6.07, 6.45) is 0.331. The Bertz CT molecular complexity index is 1280. The minimum Gasteiger partial charge on any atom is -0.480 e. The Balaban J connectivity index is 1.85. The van der Waals surface area contributed by atoms with Gasteiger partial charge in [0.2, 0.25) is 0 Å². The third-order valence-electron chi connectivity index (χ3n) is 5.02. The molecule has 3 rings (SSSR count). The van der Waals surface area contributed by atoms with Gasteiger partial charge in [-0.3, -0.25) is 14.7 Å². The molecule has 2 heterocycles. The van der Waals surface area contributed by atoms with Crippen molar-refractivity contribution in [3.63, 3.8) is 0 Å². The Kier molecular flexibility index (Phi) is 9.61. The molecule has 0 bridgehead atoms. The topological polar surface area (TPSA) is 135 Å². The van der Waals surface area contributed by atoms with Crippen LogP contribution in [0.1, 0.15) is 13.8 Å². The summed E-state index contributed by atoms with van der Waals surface area (Å²) in [5, 5.41) is 16.2. The minimum atomic E-state index is -1.48. The van der Waals surface area contributed by atoms with Gasteiger partial charge in [0.1, 0.15) is 17.4 Å². The summed E-state index contributed by atoms with van der Waals surface area (Å²) in [6.45, 7) is 2.62. The van der Waals surface area contributed by atoms with Crippen LogP contribution in [0.4, 0.5) is 10.5 Å². The standard InChI is InChI=1S/C23H20Cl4N4O6/c1-11(2)19(22(33)34)29-23(35)36-10-31(21(32)20(26)27)12-6-7-28-15(8-12)17-9-16(30-37-17)18-13(24)4-3-5-14(18)25/h3-9,11,19-20H,10H2,1-2H3,(H,29,35)(H,33,34). The number of carboxylic acids is 1. The van der Waals surface area contributed by atoms with Crippen LogP contribution in [0.15, 0.2) is 47.1 Å². The van der Waals surface area contributed by atoms with Gasteiger partial charge in [-0.25, -0.2) is 9.59 Å². The molecule has 0 fully saturated rings.